The van der Waals surface area contributed by atoms with Crippen LogP contribution in [0.15, 0.2) is 66.6 Å². The number of rotatable bonds is 4. The number of para-hydroxylation sites is 1. The molecule has 0 saturated carbocycles. The smallest absolute Gasteiger partial charge is 0.254 e. The van der Waals surface area contributed by atoms with E-state index in [9.17, 15) is 14.4 Å². The number of pyridine rings is 1. The van der Waals surface area contributed by atoms with Crippen molar-refractivity contribution in [3.63, 3.8) is 0 Å². The van der Waals surface area contributed by atoms with Crippen LogP contribution in [-0.4, -0.2) is 63.6 Å². The number of aryl methyl sites for hydroxylation is 1. The van der Waals surface area contributed by atoms with Gasteiger partial charge in [0.05, 0.1) is 42.0 Å². The van der Waals surface area contributed by atoms with Gasteiger partial charge < -0.3 is 9.64 Å². The lowest BCUT2D eigenvalue weighted by Gasteiger charge is -2.27. The van der Waals surface area contributed by atoms with Crippen LogP contribution in [0.4, 0.5) is 5.69 Å². The number of ketones is 1. The number of morpholine rings is 1. The number of hydrogen-bond acceptors (Lipinski definition) is 6. The van der Waals surface area contributed by atoms with Gasteiger partial charge >= 0.3 is 0 Å². The van der Waals surface area contributed by atoms with Crippen molar-refractivity contribution in [2.75, 3.05) is 31.2 Å². The van der Waals surface area contributed by atoms with Crippen LogP contribution >= 0.6 is 0 Å². The van der Waals surface area contributed by atoms with E-state index in [-0.39, 0.29) is 23.3 Å². The molecule has 39 heavy (non-hydrogen) atoms. The summed E-state index contributed by atoms with van der Waals surface area (Å²) < 4.78 is 7.23. The molecule has 6 rings (SSSR count). The third-order valence-corrected chi connectivity index (χ3v) is 7.10. The molecular weight excluding hydrogens is 494 g/mol. The Morgan fingerprint density at radius 1 is 1.05 bits per heavy atom. The Morgan fingerprint density at radius 3 is 2.59 bits per heavy atom. The lowest BCUT2D eigenvalue weighted by Crippen LogP contribution is -2.40. The summed E-state index contributed by atoms with van der Waals surface area (Å²) in [5, 5.41) is 5.24. The maximum atomic E-state index is 13.3. The molecule has 2 aliphatic rings. The monoisotopic (exact) mass is 521 g/mol. The zero-order valence-corrected chi connectivity index (χ0v) is 21.8. The molecule has 2 amide bonds. The van der Waals surface area contributed by atoms with Crippen LogP contribution in [0, 0.1) is 0 Å². The van der Waals surface area contributed by atoms with Crippen molar-refractivity contribution in [2.24, 2.45) is 0 Å². The average molecular weight is 522 g/mol. The number of hydrogen-bond donors (Lipinski definition) is 0. The molecule has 0 N–H and O–H groups in total. The van der Waals surface area contributed by atoms with Crippen LogP contribution < -0.4 is 4.90 Å². The van der Waals surface area contributed by atoms with E-state index >= 15 is 0 Å². The van der Waals surface area contributed by atoms with Crippen molar-refractivity contribution < 1.29 is 19.1 Å². The van der Waals surface area contributed by atoms with Crippen molar-refractivity contribution in [1.29, 1.82) is 0 Å². The highest BCUT2D eigenvalue weighted by atomic mass is 16.5. The van der Waals surface area contributed by atoms with E-state index in [1.165, 1.54) is 11.8 Å². The highest BCUT2D eigenvalue weighted by Gasteiger charge is 2.34. The average Bonchev–Trinajstić information content (AvgIpc) is 3.55. The molecule has 0 spiro atoms. The lowest BCUT2D eigenvalue weighted by molar-refractivity contribution is -0.116. The molecule has 9 heteroatoms. The van der Waals surface area contributed by atoms with E-state index in [0.717, 1.165) is 16.5 Å². The minimum atomic E-state index is -0.254. The van der Waals surface area contributed by atoms with E-state index in [4.69, 9.17) is 9.72 Å². The van der Waals surface area contributed by atoms with E-state index in [2.05, 4.69) is 5.10 Å². The molecule has 2 aromatic carbocycles. The Hall–Kier alpha value is -4.63. The first-order chi connectivity index (χ1) is 18.9. The van der Waals surface area contributed by atoms with Crippen LogP contribution in [0.1, 0.15) is 40.3 Å². The molecule has 0 atom stereocenters. The predicted molar refractivity (Wildman–Crippen MR) is 147 cm³/mol. The Bertz CT molecular complexity index is 1670. The Kier molecular flexibility index (Phi) is 6.28. The molecule has 196 valence electrons. The number of carbonyl (C=O) groups is 3. The van der Waals surface area contributed by atoms with Crippen LogP contribution in [0.5, 0.6) is 0 Å². The van der Waals surface area contributed by atoms with Crippen molar-refractivity contribution in [3.8, 4) is 11.1 Å². The van der Waals surface area contributed by atoms with Gasteiger partial charge in [0.1, 0.15) is 0 Å². The summed E-state index contributed by atoms with van der Waals surface area (Å²) in [5.41, 5.74) is 4.77. The second kappa shape index (κ2) is 9.92. The maximum absolute atomic E-state index is 13.3. The van der Waals surface area contributed by atoms with Crippen molar-refractivity contribution in [2.45, 2.75) is 20.4 Å². The van der Waals surface area contributed by atoms with Crippen LogP contribution in [0.2, 0.25) is 0 Å². The number of ether oxygens (including phenoxy) is 1. The van der Waals surface area contributed by atoms with Crippen molar-refractivity contribution >= 4 is 40.3 Å². The third-order valence-electron chi connectivity index (χ3n) is 7.10. The summed E-state index contributed by atoms with van der Waals surface area (Å²) >= 11 is 0. The molecule has 1 saturated heterocycles. The molecule has 4 heterocycles. The van der Waals surface area contributed by atoms with E-state index in [0.29, 0.717) is 60.9 Å². The van der Waals surface area contributed by atoms with Crippen molar-refractivity contribution in [1.82, 2.24) is 19.7 Å². The number of fused-ring (bicyclic) bond motifs is 2. The third kappa shape index (κ3) is 4.40. The van der Waals surface area contributed by atoms with Gasteiger partial charge in [0.15, 0.2) is 0 Å². The number of carbonyl (C=O) groups excluding carboxylic acids is 3. The fourth-order valence-electron chi connectivity index (χ4n) is 5.16. The van der Waals surface area contributed by atoms with E-state index in [1.54, 1.807) is 47.5 Å². The fraction of sp³-hybridized carbons (Fsp3) is 0.233. The number of Topliss-reactive ketones (excluding diaryl/α,β-unsaturated/α-hetero) is 1. The normalized spacial score (nSPS) is 16.3. The Morgan fingerprint density at radius 2 is 1.85 bits per heavy atom. The lowest BCUT2D eigenvalue weighted by atomic mass is 9.99. The van der Waals surface area contributed by atoms with Gasteiger partial charge in [-0.05, 0) is 55.0 Å². The van der Waals surface area contributed by atoms with Gasteiger partial charge in [-0.3, -0.25) is 24.0 Å². The fourth-order valence-corrected chi connectivity index (χ4v) is 5.16. The van der Waals surface area contributed by atoms with Gasteiger partial charge in [0, 0.05) is 54.8 Å². The summed E-state index contributed by atoms with van der Waals surface area (Å²) in [5.74, 6) is -0.529. The number of benzene rings is 2. The number of amides is 2. The molecule has 0 unspecified atom stereocenters. The van der Waals surface area contributed by atoms with Crippen LogP contribution in [0.25, 0.3) is 28.1 Å². The minimum absolute atomic E-state index is 0.0481. The maximum Gasteiger partial charge on any atom is 0.254 e. The minimum Gasteiger partial charge on any atom is -0.378 e. The number of anilines is 1. The first-order valence-electron chi connectivity index (χ1n) is 13.0. The summed E-state index contributed by atoms with van der Waals surface area (Å²) in [6.07, 6.45) is 5.38. The number of aromatic nitrogens is 3. The van der Waals surface area contributed by atoms with Gasteiger partial charge in [-0.1, -0.05) is 12.1 Å². The summed E-state index contributed by atoms with van der Waals surface area (Å²) in [6.45, 7) is 6.33. The van der Waals surface area contributed by atoms with Gasteiger partial charge in [0.2, 0.25) is 11.7 Å². The Labute approximate surface area is 225 Å². The standard InChI is InChI=1S/C30H27N5O4/c1-3-34-18-21(17-31-34)24-15-22(16-28-29(37)23-6-4-5-7-27(23)35(28)19(2)36)32-26-9-8-20(14-25(24)26)30(38)33-10-12-39-13-11-33/h4-9,14-18H,3,10-13H2,1-2H3/b28-16-. The molecule has 9 nitrogen and oxygen atoms in total. The predicted octanol–water partition coefficient (Wildman–Crippen LogP) is 4.18. The highest BCUT2D eigenvalue weighted by Crippen LogP contribution is 2.36. The topological polar surface area (TPSA) is 97.6 Å². The largest absolute Gasteiger partial charge is 0.378 e. The second-order valence-electron chi connectivity index (χ2n) is 9.55. The second-order valence-corrected chi connectivity index (χ2v) is 9.55. The number of nitrogens with zero attached hydrogens (tertiary/aromatic N) is 5. The van der Waals surface area contributed by atoms with E-state index in [1.807, 2.05) is 36.0 Å². The molecule has 1 fully saturated rings. The molecule has 2 aromatic heterocycles. The first-order valence-corrected chi connectivity index (χ1v) is 13.0. The highest BCUT2D eigenvalue weighted by molar-refractivity contribution is 6.26. The summed E-state index contributed by atoms with van der Waals surface area (Å²) in [4.78, 5) is 47.2. The zero-order chi connectivity index (χ0) is 27.1. The molecular formula is C30H27N5O4. The molecule has 0 bridgehead atoms. The molecule has 0 aliphatic carbocycles. The van der Waals surface area contributed by atoms with Gasteiger partial charge in [-0.15, -0.1) is 0 Å². The molecule has 4 aromatic rings. The Balaban J connectivity index is 1.49. The zero-order valence-electron chi connectivity index (χ0n) is 21.8. The van der Waals surface area contributed by atoms with Gasteiger partial charge in [-0.25, -0.2) is 4.98 Å². The van der Waals surface area contributed by atoms with Crippen molar-refractivity contribution in [3.05, 3.63) is 83.4 Å². The van der Waals surface area contributed by atoms with Gasteiger partial charge in [-0.2, -0.15) is 5.10 Å². The van der Waals surface area contributed by atoms with Crippen LogP contribution in [-0.2, 0) is 16.1 Å². The SMILES string of the molecule is CCn1cc(-c2cc(/C=C3/C(=O)c4ccccc4N3C(C)=O)nc3ccc(C(=O)N4CCOCC4)cc23)cn1. The number of allylic oxidation sites excluding steroid dienone is 1. The molecule has 2 aliphatic heterocycles. The summed E-state index contributed by atoms with van der Waals surface area (Å²) in [7, 11) is 0. The van der Waals surface area contributed by atoms with Gasteiger partial charge in [0.25, 0.3) is 5.91 Å². The van der Waals surface area contributed by atoms with Crippen LogP contribution in [0.3, 0.4) is 0 Å². The first kappa shape index (κ1) is 24.7. The molecule has 0 radical (unpaired) electrons. The quantitative estimate of drug-likeness (QED) is 0.374. The summed E-state index contributed by atoms with van der Waals surface area (Å²) in [6, 6.07) is 14.4. The van der Waals surface area contributed by atoms with E-state index < -0.39 is 0 Å².